The van der Waals surface area contributed by atoms with Crippen LogP contribution < -0.4 is 0 Å². The van der Waals surface area contributed by atoms with Crippen LogP contribution in [0.2, 0.25) is 0 Å². The monoisotopic (exact) mass is 302 g/mol. The maximum absolute atomic E-state index is 6.34. The predicted molar refractivity (Wildman–Crippen MR) is 85.8 cm³/mol. The summed E-state index contributed by atoms with van der Waals surface area (Å²) in [5, 5.41) is 4.28. The number of alkyl halides is 1. The van der Waals surface area contributed by atoms with Gasteiger partial charge in [-0.1, -0.05) is 12.1 Å². The third-order valence-electron chi connectivity index (χ3n) is 3.81. The van der Waals surface area contributed by atoms with E-state index in [9.17, 15) is 0 Å². The average molecular weight is 303 g/mol. The molecule has 0 radical (unpaired) electrons. The molecule has 1 unspecified atom stereocenters. The molecule has 3 rings (SSSR count). The van der Waals surface area contributed by atoms with E-state index in [0.29, 0.717) is 0 Å². The van der Waals surface area contributed by atoms with Crippen LogP contribution in [0.15, 0.2) is 24.4 Å². The van der Waals surface area contributed by atoms with Gasteiger partial charge in [-0.2, -0.15) is 5.10 Å². The van der Waals surface area contributed by atoms with E-state index in [1.165, 1.54) is 11.1 Å². The van der Waals surface area contributed by atoms with Crippen LogP contribution in [-0.2, 0) is 13.6 Å². The molecule has 2 heterocycles. The van der Waals surface area contributed by atoms with Crippen molar-refractivity contribution in [3.63, 3.8) is 0 Å². The molecule has 0 bridgehead atoms. The molecule has 1 aromatic carbocycles. The van der Waals surface area contributed by atoms with Crippen LogP contribution in [0.4, 0.5) is 0 Å². The Labute approximate surface area is 129 Å². The molecule has 0 aliphatic carbocycles. The Hall–Kier alpha value is -1.81. The van der Waals surface area contributed by atoms with Gasteiger partial charge < -0.3 is 4.57 Å². The lowest BCUT2D eigenvalue weighted by molar-refractivity contribution is 0.738. The zero-order valence-corrected chi connectivity index (χ0v) is 13.5. The quantitative estimate of drug-likeness (QED) is 0.691. The molecule has 0 amide bonds. The molecule has 3 aromatic rings. The van der Waals surface area contributed by atoms with Crippen molar-refractivity contribution >= 4 is 22.6 Å². The summed E-state index contributed by atoms with van der Waals surface area (Å²) >= 11 is 6.34. The van der Waals surface area contributed by atoms with Gasteiger partial charge in [0.1, 0.15) is 5.82 Å². The highest BCUT2D eigenvalue weighted by Crippen LogP contribution is 2.27. The van der Waals surface area contributed by atoms with Crippen molar-refractivity contribution in [3.05, 3.63) is 47.0 Å². The molecule has 0 saturated heterocycles. The van der Waals surface area contributed by atoms with E-state index in [-0.39, 0.29) is 5.38 Å². The van der Waals surface area contributed by atoms with Crippen molar-refractivity contribution < 1.29 is 0 Å². The predicted octanol–water partition coefficient (Wildman–Crippen LogP) is 3.73. The zero-order chi connectivity index (χ0) is 15.1. The summed E-state index contributed by atoms with van der Waals surface area (Å²) in [5.74, 6) is 0.907. The van der Waals surface area contributed by atoms with Crippen LogP contribution in [0.5, 0.6) is 0 Å². The number of rotatable bonds is 3. The molecule has 1 atom stereocenters. The van der Waals surface area contributed by atoms with E-state index in [2.05, 4.69) is 41.0 Å². The molecule has 0 saturated carbocycles. The second-order valence-corrected chi connectivity index (χ2v) is 6.18. The van der Waals surface area contributed by atoms with Crippen molar-refractivity contribution in [2.75, 3.05) is 0 Å². The second-order valence-electron chi connectivity index (χ2n) is 5.53. The molecular formula is C16H19ClN4. The maximum Gasteiger partial charge on any atom is 0.128 e. The molecule has 4 nitrogen and oxygen atoms in total. The number of para-hydroxylation sites is 1. The van der Waals surface area contributed by atoms with Crippen molar-refractivity contribution in [1.29, 1.82) is 0 Å². The minimum absolute atomic E-state index is 0.131. The van der Waals surface area contributed by atoms with Crippen molar-refractivity contribution in [1.82, 2.24) is 19.3 Å². The number of imidazole rings is 1. The Balaban J connectivity index is 2.18. The van der Waals surface area contributed by atoms with Gasteiger partial charge in [-0.15, -0.1) is 11.6 Å². The summed E-state index contributed by atoms with van der Waals surface area (Å²) in [4.78, 5) is 4.75. The Kier molecular flexibility index (Phi) is 3.49. The number of benzene rings is 1. The Morgan fingerprint density at radius 3 is 2.67 bits per heavy atom. The lowest BCUT2D eigenvalue weighted by Gasteiger charge is -2.10. The average Bonchev–Trinajstić information content (AvgIpc) is 2.93. The number of hydrogen-bond acceptors (Lipinski definition) is 2. The Morgan fingerprint density at radius 2 is 2.05 bits per heavy atom. The van der Waals surface area contributed by atoms with E-state index in [4.69, 9.17) is 16.6 Å². The van der Waals surface area contributed by atoms with Crippen LogP contribution in [0, 0.1) is 13.8 Å². The van der Waals surface area contributed by atoms with Gasteiger partial charge in [0.15, 0.2) is 0 Å². The van der Waals surface area contributed by atoms with Gasteiger partial charge in [0.05, 0.1) is 28.6 Å². The number of hydrogen-bond donors (Lipinski definition) is 0. The summed E-state index contributed by atoms with van der Waals surface area (Å²) in [6, 6.07) is 6.25. The number of nitrogens with zero attached hydrogens (tertiary/aromatic N) is 4. The van der Waals surface area contributed by atoms with E-state index < -0.39 is 0 Å². The van der Waals surface area contributed by atoms with Gasteiger partial charge in [0, 0.05) is 18.8 Å². The number of fused-ring (bicyclic) bond motifs is 1. The normalized spacial score (nSPS) is 13.0. The highest BCUT2D eigenvalue weighted by Gasteiger charge is 2.17. The first-order chi connectivity index (χ1) is 9.97. The molecule has 110 valence electrons. The summed E-state index contributed by atoms with van der Waals surface area (Å²) < 4.78 is 4.04. The number of aromatic nitrogens is 4. The van der Waals surface area contributed by atoms with E-state index in [1.807, 2.05) is 25.6 Å². The first-order valence-corrected chi connectivity index (χ1v) is 7.50. The lowest BCUT2D eigenvalue weighted by atomic mass is 10.2. The van der Waals surface area contributed by atoms with E-state index in [1.54, 1.807) is 0 Å². The molecule has 0 N–H and O–H groups in total. The summed E-state index contributed by atoms with van der Waals surface area (Å²) in [7, 11) is 1.94. The van der Waals surface area contributed by atoms with Crippen LogP contribution in [0.1, 0.15) is 34.9 Å². The van der Waals surface area contributed by atoms with Gasteiger partial charge >= 0.3 is 0 Å². The van der Waals surface area contributed by atoms with Gasteiger partial charge in [0.2, 0.25) is 0 Å². The molecule has 21 heavy (non-hydrogen) atoms. The van der Waals surface area contributed by atoms with Crippen LogP contribution in [0.25, 0.3) is 11.0 Å². The van der Waals surface area contributed by atoms with E-state index in [0.717, 1.165) is 29.1 Å². The molecule has 2 aromatic heterocycles. The molecule has 0 aliphatic rings. The van der Waals surface area contributed by atoms with Crippen molar-refractivity contribution in [2.24, 2.45) is 7.05 Å². The standard InChI is InChI=1S/C16H19ClN4/c1-10-6-5-7-14-15(10)18-16(11(2)17)21(14)9-13-8-20(4)19-12(13)3/h5-8,11H,9H2,1-4H3. The van der Waals surface area contributed by atoms with Crippen molar-refractivity contribution in [3.8, 4) is 0 Å². The van der Waals surface area contributed by atoms with Crippen LogP contribution in [0.3, 0.4) is 0 Å². The second kappa shape index (κ2) is 5.19. The fraction of sp³-hybridized carbons (Fsp3) is 0.375. The summed E-state index contributed by atoms with van der Waals surface area (Å²) in [5.41, 5.74) is 5.56. The third-order valence-corrected chi connectivity index (χ3v) is 4.00. The minimum atomic E-state index is -0.131. The topological polar surface area (TPSA) is 35.6 Å². The lowest BCUT2D eigenvalue weighted by Crippen LogP contribution is -2.06. The maximum atomic E-state index is 6.34. The van der Waals surface area contributed by atoms with Gasteiger partial charge in [-0.3, -0.25) is 4.68 Å². The molecule has 0 fully saturated rings. The highest BCUT2D eigenvalue weighted by atomic mass is 35.5. The summed E-state index contributed by atoms with van der Waals surface area (Å²) in [6.07, 6.45) is 2.06. The molecule has 5 heteroatoms. The van der Waals surface area contributed by atoms with Gasteiger partial charge in [-0.25, -0.2) is 4.98 Å². The molecular weight excluding hydrogens is 284 g/mol. The van der Waals surface area contributed by atoms with Crippen molar-refractivity contribution in [2.45, 2.75) is 32.7 Å². The molecule has 0 spiro atoms. The SMILES string of the molecule is Cc1nn(C)cc1Cn1c(C(C)Cl)nc2c(C)cccc21. The minimum Gasteiger partial charge on any atom is -0.322 e. The number of aryl methyl sites for hydroxylation is 3. The fourth-order valence-electron chi connectivity index (χ4n) is 2.75. The summed E-state index contributed by atoms with van der Waals surface area (Å²) in [6.45, 7) is 6.82. The largest absolute Gasteiger partial charge is 0.322 e. The first kappa shape index (κ1) is 14.1. The van der Waals surface area contributed by atoms with Gasteiger partial charge in [0.25, 0.3) is 0 Å². The third kappa shape index (κ3) is 2.44. The Bertz CT molecular complexity index is 798. The zero-order valence-electron chi connectivity index (χ0n) is 12.8. The fourth-order valence-corrected chi connectivity index (χ4v) is 2.92. The smallest absolute Gasteiger partial charge is 0.128 e. The first-order valence-electron chi connectivity index (χ1n) is 7.06. The van der Waals surface area contributed by atoms with E-state index >= 15 is 0 Å². The highest BCUT2D eigenvalue weighted by molar-refractivity contribution is 6.20. The van der Waals surface area contributed by atoms with Gasteiger partial charge in [-0.05, 0) is 32.4 Å². The van der Waals surface area contributed by atoms with Crippen LogP contribution >= 0.6 is 11.6 Å². The Morgan fingerprint density at radius 1 is 1.29 bits per heavy atom. The van der Waals surface area contributed by atoms with Crippen LogP contribution in [-0.4, -0.2) is 19.3 Å². The molecule has 0 aliphatic heterocycles. The number of halogens is 1.